The second-order valence-electron chi connectivity index (χ2n) is 4.68. The monoisotopic (exact) mass is 311 g/mol. The number of fused-ring (bicyclic) bond motifs is 1. The Morgan fingerprint density at radius 1 is 1.43 bits per heavy atom. The highest BCUT2D eigenvalue weighted by atomic mass is 32.1. The first-order valence-corrected chi connectivity index (χ1v) is 7.48. The van der Waals surface area contributed by atoms with Crippen LogP contribution in [-0.2, 0) is 4.74 Å². The summed E-state index contributed by atoms with van der Waals surface area (Å²) in [5.41, 5.74) is 0.651. The van der Waals surface area contributed by atoms with Crippen LogP contribution in [0, 0.1) is 12.7 Å². The molecule has 2 rings (SSSR count). The van der Waals surface area contributed by atoms with Gasteiger partial charge in [0.05, 0.1) is 18.1 Å². The predicted octanol–water partition coefficient (Wildman–Crippen LogP) is 2.43. The van der Waals surface area contributed by atoms with E-state index in [2.05, 4.69) is 0 Å². The van der Waals surface area contributed by atoms with E-state index in [1.807, 2.05) is 0 Å². The topological polar surface area (TPSA) is 49.8 Å². The molecule has 0 aliphatic rings. The minimum Gasteiger partial charge on any atom is -0.395 e. The molecule has 0 bridgehead atoms. The van der Waals surface area contributed by atoms with E-state index < -0.39 is 0 Å². The fraction of sp³-hybridized carbons (Fsp3) is 0.400. The molecule has 0 aliphatic heterocycles. The third-order valence-corrected chi connectivity index (χ3v) is 4.56. The van der Waals surface area contributed by atoms with Crippen molar-refractivity contribution >= 4 is 27.3 Å². The summed E-state index contributed by atoms with van der Waals surface area (Å²) in [6.07, 6.45) is 0. The van der Waals surface area contributed by atoms with Crippen molar-refractivity contribution in [1.82, 2.24) is 4.90 Å². The van der Waals surface area contributed by atoms with E-state index in [4.69, 9.17) is 9.84 Å². The summed E-state index contributed by atoms with van der Waals surface area (Å²) in [7, 11) is 1.56. The maximum absolute atomic E-state index is 13.9. The SMILES string of the molecule is COCCN(CCO)C(=O)c1sc2cccc(F)c2c1C. The number of amides is 1. The summed E-state index contributed by atoms with van der Waals surface area (Å²) in [5, 5.41) is 9.60. The maximum Gasteiger partial charge on any atom is 0.264 e. The molecule has 0 radical (unpaired) electrons. The van der Waals surface area contributed by atoms with Crippen LogP contribution in [0.2, 0.25) is 0 Å². The van der Waals surface area contributed by atoms with Crippen LogP contribution < -0.4 is 0 Å². The lowest BCUT2D eigenvalue weighted by Crippen LogP contribution is -2.36. The van der Waals surface area contributed by atoms with Gasteiger partial charge in [-0.15, -0.1) is 11.3 Å². The number of aryl methyl sites for hydroxylation is 1. The van der Waals surface area contributed by atoms with E-state index in [9.17, 15) is 9.18 Å². The summed E-state index contributed by atoms with van der Waals surface area (Å²) < 4.78 is 19.6. The molecule has 0 aliphatic carbocycles. The molecule has 1 aromatic heterocycles. The van der Waals surface area contributed by atoms with Gasteiger partial charge < -0.3 is 14.7 Å². The minimum absolute atomic E-state index is 0.117. The fourth-order valence-electron chi connectivity index (χ4n) is 2.24. The molecule has 0 saturated heterocycles. The molecule has 1 heterocycles. The van der Waals surface area contributed by atoms with E-state index in [0.29, 0.717) is 29.0 Å². The van der Waals surface area contributed by atoms with Crippen molar-refractivity contribution < 1.29 is 19.0 Å². The molecule has 6 heteroatoms. The smallest absolute Gasteiger partial charge is 0.264 e. The van der Waals surface area contributed by atoms with Crippen molar-refractivity contribution in [1.29, 1.82) is 0 Å². The lowest BCUT2D eigenvalue weighted by atomic mass is 10.1. The first-order chi connectivity index (χ1) is 10.1. The largest absolute Gasteiger partial charge is 0.395 e. The van der Waals surface area contributed by atoms with Gasteiger partial charge in [-0.25, -0.2) is 4.39 Å². The number of aliphatic hydroxyl groups excluding tert-OH is 1. The Kier molecular flexibility index (Phi) is 5.27. The maximum atomic E-state index is 13.9. The van der Waals surface area contributed by atoms with Crippen LogP contribution in [0.1, 0.15) is 15.2 Å². The van der Waals surface area contributed by atoms with Gasteiger partial charge in [0.15, 0.2) is 0 Å². The number of methoxy groups -OCH3 is 1. The van der Waals surface area contributed by atoms with Crippen LogP contribution in [0.5, 0.6) is 0 Å². The number of carbonyl (C=O) groups is 1. The minimum atomic E-state index is -0.314. The van der Waals surface area contributed by atoms with Crippen LogP contribution in [0.4, 0.5) is 4.39 Å². The summed E-state index contributed by atoms with van der Waals surface area (Å²) in [4.78, 5) is 14.6. The molecule has 0 spiro atoms. The van der Waals surface area contributed by atoms with E-state index in [1.165, 1.54) is 22.3 Å². The highest BCUT2D eigenvalue weighted by Crippen LogP contribution is 2.33. The molecule has 1 N–H and O–H groups in total. The zero-order valence-electron chi connectivity index (χ0n) is 12.1. The van der Waals surface area contributed by atoms with E-state index in [1.54, 1.807) is 26.2 Å². The highest BCUT2D eigenvalue weighted by molar-refractivity contribution is 7.21. The van der Waals surface area contributed by atoms with E-state index in [-0.39, 0.29) is 24.9 Å². The van der Waals surface area contributed by atoms with Crippen molar-refractivity contribution in [3.8, 4) is 0 Å². The van der Waals surface area contributed by atoms with Crippen LogP contribution in [0.15, 0.2) is 18.2 Å². The number of aliphatic hydroxyl groups is 1. The number of hydrogen-bond donors (Lipinski definition) is 1. The Labute approximate surface area is 126 Å². The second kappa shape index (κ2) is 6.98. The molecule has 0 fully saturated rings. The van der Waals surface area contributed by atoms with Gasteiger partial charge in [0.1, 0.15) is 5.82 Å². The number of thiophene rings is 1. The molecule has 1 aromatic carbocycles. The average molecular weight is 311 g/mol. The molecule has 21 heavy (non-hydrogen) atoms. The van der Waals surface area contributed by atoms with E-state index >= 15 is 0 Å². The van der Waals surface area contributed by atoms with Crippen LogP contribution in [0.3, 0.4) is 0 Å². The molecule has 4 nitrogen and oxygen atoms in total. The van der Waals surface area contributed by atoms with Gasteiger partial charge in [0.2, 0.25) is 0 Å². The number of ether oxygens (including phenoxy) is 1. The van der Waals surface area contributed by atoms with Gasteiger partial charge in [-0.2, -0.15) is 0 Å². The molecule has 0 saturated carbocycles. The Morgan fingerprint density at radius 3 is 2.81 bits per heavy atom. The normalized spacial score (nSPS) is 11.0. The van der Waals surface area contributed by atoms with Crippen LogP contribution >= 0.6 is 11.3 Å². The lowest BCUT2D eigenvalue weighted by Gasteiger charge is -2.21. The number of benzene rings is 1. The summed E-state index contributed by atoms with van der Waals surface area (Å²) in [6.45, 7) is 2.66. The molecule has 0 unspecified atom stereocenters. The molecule has 0 atom stereocenters. The number of nitrogens with zero attached hydrogens (tertiary/aromatic N) is 1. The summed E-state index contributed by atoms with van der Waals surface area (Å²) in [5.74, 6) is -0.509. The Bertz CT molecular complexity index is 641. The van der Waals surface area contributed by atoms with Crippen LogP contribution in [0.25, 0.3) is 10.1 Å². The van der Waals surface area contributed by atoms with Crippen molar-refractivity contribution in [3.05, 3.63) is 34.5 Å². The van der Waals surface area contributed by atoms with Crippen molar-refractivity contribution in [2.45, 2.75) is 6.92 Å². The molecule has 2 aromatic rings. The Morgan fingerprint density at radius 2 is 2.19 bits per heavy atom. The first kappa shape index (κ1) is 15.9. The standard InChI is InChI=1S/C15H18FNO3S/c1-10-13-11(16)4-3-5-12(13)21-14(10)15(19)17(6-8-18)7-9-20-2/h3-5,18H,6-9H2,1-2H3. The second-order valence-corrected chi connectivity index (χ2v) is 5.73. The third kappa shape index (κ3) is 3.23. The van der Waals surface area contributed by atoms with Gasteiger partial charge in [0, 0.05) is 30.3 Å². The number of hydrogen-bond acceptors (Lipinski definition) is 4. The lowest BCUT2D eigenvalue weighted by molar-refractivity contribution is 0.0660. The van der Waals surface area contributed by atoms with Gasteiger partial charge in [-0.1, -0.05) is 6.07 Å². The third-order valence-electron chi connectivity index (χ3n) is 3.32. The van der Waals surface area contributed by atoms with Gasteiger partial charge >= 0.3 is 0 Å². The van der Waals surface area contributed by atoms with Gasteiger partial charge in [-0.3, -0.25) is 4.79 Å². The molecular weight excluding hydrogens is 293 g/mol. The molecule has 1 amide bonds. The van der Waals surface area contributed by atoms with Gasteiger partial charge in [-0.05, 0) is 24.6 Å². The average Bonchev–Trinajstić information content (AvgIpc) is 2.81. The quantitative estimate of drug-likeness (QED) is 0.891. The summed E-state index contributed by atoms with van der Waals surface area (Å²) >= 11 is 1.28. The zero-order valence-corrected chi connectivity index (χ0v) is 12.9. The molecular formula is C15H18FNO3S. The Balaban J connectivity index is 2.37. The summed E-state index contributed by atoms with van der Waals surface area (Å²) in [6, 6.07) is 4.84. The van der Waals surface area contributed by atoms with Crippen molar-refractivity contribution in [3.63, 3.8) is 0 Å². The van der Waals surface area contributed by atoms with Crippen LogP contribution in [-0.4, -0.2) is 49.3 Å². The first-order valence-electron chi connectivity index (χ1n) is 6.66. The van der Waals surface area contributed by atoms with Gasteiger partial charge in [0.25, 0.3) is 5.91 Å². The molecule has 114 valence electrons. The van der Waals surface area contributed by atoms with Crippen molar-refractivity contribution in [2.24, 2.45) is 0 Å². The van der Waals surface area contributed by atoms with E-state index in [0.717, 1.165) is 4.70 Å². The fourth-order valence-corrected chi connectivity index (χ4v) is 3.43. The number of halogens is 1. The predicted molar refractivity (Wildman–Crippen MR) is 81.4 cm³/mol. The van der Waals surface area contributed by atoms with Crippen molar-refractivity contribution in [2.75, 3.05) is 33.4 Å². The number of rotatable bonds is 6. The highest BCUT2D eigenvalue weighted by Gasteiger charge is 2.22. The number of carbonyl (C=O) groups excluding carboxylic acids is 1. The Hall–Kier alpha value is -1.50. The zero-order chi connectivity index (χ0) is 15.4.